The zero-order valence-corrected chi connectivity index (χ0v) is 12.8. The lowest BCUT2D eigenvalue weighted by Crippen LogP contribution is -2.21. The van der Waals surface area contributed by atoms with Crippen molar-refractivity contribution in [3.63, 3.8) is 0 Å². The van der Waals surface area contributed by atoms with Gasteiger partial charge in [-0.2, -0.15) is 0 Å². The minimum atomic E-state index is -0.506. The fourth-order valence-electron chi connectivity index (χ4n) is 1.83. The zero-order chi connectivity index (χ0) is 16.3. The smallest absolute Gasteiger partial charge is 0.257 e. The summed E-state index contributed by atoms with van der Waals surface area (Å²) in [7, 11) is 3.32. The van der Waals surface area contributed by atoms with E-state index in [0.29, 0.717) is 11.3 Å². The van der Waals surface area contributed by atoms with Crippen LogP contribution in [0, 0.1) is 5.82 Å². The van der Waals surface area contributed by atoms with Crippen molar-refractivity contribution in [1.29, 1.82) is 0 Å². The lowest BCUT2D eigenvalue weighted by Gasteiger charge is -2.11. The van der Waals surface area contributed by atoms with Crippen LogP contribution < -0.4 is 5.32 Å². The fourth-order valence-corrected chi connectivity index (χ4v) is 2.08. The van der Waals surface area contributed by atoms with Crippen molar-refractivity contribution in [2.45, 2.75) is 0 Å². The largest absolute Gasteiger partial charge is 0.345 e. The number of nitrogens with one attached hydrogen (secondary N) is 1. The highest BCUT2D eigenvalue weighted by Gasteiger charge is 2.12. The van der Waals surface area contributed by atoms with Gasteiger partial charge in [-0.25, -0.2) is 4.39 Å². The van der Waals surface area contributed by atoms with Gasteiger partial charge >= 0.3 is 0 Å². The quantitative estimate of drug-likeness (QED) is 0.942. The van der Waals surface area contributed by atoms with E-state index in [2.05, 4.69) is 5.32 Å². The molecule has 4 nitrogen and oxygen atoms in total. The maximum Gasteiger partial charge on any atom is 0.257 e. The first-order valence-corrected chi connectivity index (χ1v) is 6.84. The van der Waals surface area contributed by atoms with Gasteiger partial charge in [0.15, 0.2) is 0 Å². The molecule has 0 fully saturated rings. The molecule has 0 aliphatic heterocycles. The molecule has 0 bridgehead atoms. The molecule has 0 unspecified atom stereocenters. The summed E-state index contributed by atoms with van der Waals surface area (Å²) in [5, 5.41) is 2.68. The number of rotatable bonds is 3. The van der Waals surface area contributed by atoms with Gasteiger partial charge in [0, 0.05) is 25.3 Å². The van der Waals surface area contributed by atoms with Crippen LogP contribution >= 0.6 is 11.6 Å². The fraction of sp³-hybridized carbons (Fsp3) is 0.125. The van der Waals surface area contributed by atoms with Gasteiger partial charge in [-0.1, -0.05) is 11.6 Å². The van der Waals surface area contributed by atoms with Gasteiger partial charge < -0.3 is 10.2 Å². The van der Waals surface area contributed by atoms with E-state index in [1.807, 2.05) is 0 Å². The minimum absolute atomic E-state index is 0.0388. The van der Waals surface area contributed by atoms with E-state index in [-0.39, 0.29) is 16.5 Å². The monoisotopic (exact) mass is 320 g/mol. The molecule has 2 aromatic carbocycles. The maximum absolute atomic E-state index is 13.0. The van der Waals surface area contributed by atoms with E-state index in [1.165, 1.54) is 17.0 Å². The third-order valence-electron chi connectivity index (χ3n) is 2.97. The molecule has 0 atom stereocenters. The van der Waals surface area contributed by atoms with Crippen molar-refractivity contribution in [3.8, 4) is 0 Å². The number of nitrogens with zero attached hydrogens (tertiary/aromatic N) is 1. The Kier molecular flexibility index (Phi) is 4.78. The summed E-state index contributed by atoms with van der Waals surface area (Å²) in [6, 6.07) is 10.0. The predicted octanol–water partition coefficient (Wildman–Crippen LogP) is 3.43. The average Bonchev–Trinajstić information content (AvgIpc) is 2.47. The third-order valence-corrected chi connectivity index (χ3v) is 3.28. The molecule has 0 saturated carbocycles. The van der Waals surface area contributed by atoms with Crippen LogP contribution in [0.5, 0.6) is 0 Å². The zero-order valence-electron chi connectivity index (χ0n) is 12.1. The Hall–Kier alpha value is -2.40. The first kappa shape index (κ1) is 16.0. The average molecular weight is 321 g/mol. The summed E-state index contributed by atoms with van der Waals surface area (Å²) >= 11 is 5.84. The van der Waals surface area contributed by atoms with Crippen molar-refractivity contribution in [1.82, 2.24) is 4.90 Å². The lowest BCUT2D eigenvalue weighted by atomic mass is 10.1. The topological polar surface area (TPSA) is 49.4 Å². The molecule has 2 amide bonds. The van der Waals surface area contributed by atoms with E-state index in [4.69, 9.17) is 11.6 Å². The standard InChI is InChI=1S/C16H14ClFN2O2/c1-20(2)16(22)10-3-6-12(7-4-10)19-15(21)13-8-5-11(18)9-14(13)17/h3-9H,1-2H3,(H,19,21). The second kappa shape index (κ2) is 6.58. The van der Waals surface area contributed by atoms with Gasteiger partial charge in [0.2, 0.25) is 0 Å². The minimum Gasteiger partial charge on any atom is -0.345 e. The van der Waals surface area contributed by atoms with E-state index >= 15 is 0 Å². The molecule has 0 heterocycles. The highest BCUT2D eigenvalue weighted by atomic mass is 35.5. The van der Waals surface area contributed by atoms with Crippen LogP contribution in [0.25, 0.3) is 0 Å². The Bertz CT molecular complexity index is 715. The van der Waals surface area contributed by atoms with Crippen molar-refractivity contribution in [3.05, 3.63) is 64.4 Å². The van der Waals surface area contributed by atoms with Gasteiger partial charge in [0.1, 0.15) is 5.82 Å². The van der Waals surface area contributed by atoms with E-state index in [9.17, 15) is 14.0 Å². The number of hydrogen-bond acceptors (Lipinski definition) is 2. The second-order valence-corrected chi connectivity index (χ2v) is 5.26. The Morgan fingerprint density at radius 3 is 2.27 bits per heavy atom. The van der Waals surface area contributed by atoms with Crippen LogP contribution in [-0.2, 0) is 0 Å². The van der Waals surface area contributed by atoms with Gasteiger partial charge in [0.25, 0.3) is 11.8 Å². The molecule has 0 aliphatic carbocycles. The molecular formula is C16H14ClFN2O2. The van der Waals surface area contributed by atoms with E-state index < -0.39 is 11.7 Å². The van der Waals surface area contributed by atoms with Gasteiger partial charge in [-0.15, -0.1) is 0 Å². The molecule has 0 radical (unpaired) electrons. The van der Waals surface area contributed by atoms with E-state index in [1.54, 1.807) is 38.4 Å². The molecular weight excluding hydrogens is 307 g/mol. The Balaban J connectivity index is 2.13. The van der Waals surface area contributed by atoms with Crippen LogP contribution in [0.3, 0.4) is 0 Å². The van der Waals surface area contributed by atoms with Crippen LogP contribution in [0.15, 0.2) is 42.5 Å². The third kappa shape index (κ3) is 3.62. The van der Waals surface area contributed by atoms with Crippen LogP contribution in [0.2, 0.25) is 5.02 Å². The normalized spacial score (nSPS) is 10.2. The summed E-state index contributed by atoms with van der Waals surface area (Å²) in [6.45, 7) is 0. The summed E-state index contributed by atoms with van der Waals surface area (Å²) in [4.78, 5) is 25.3. The molecule has 22 heavy (non-hydrogen) atoms. The van der Waals surface area contributed by atoms with Gasteiger partial charge in [-0.05, 0) is 42.5 Å². The summed E-state index contributed by atoms with van der Waals surface area (Å²) in [5.41, 5.74) is 1.21. The van der Waals surface area contributed by atoms with Crippen molar-refractivity contribution >= 4 is 29.1 Å². The highest BCUT2D eigenvalue weighted by molar-refractivity contribution is 6.34. The van der Waals surface area contributed by atoms with Crippen molar-refractivity contribution < 1.29 is 14.0 Å². The molecule has 2 aromatic rings. The Labute approximate surface area is 132 Å². The summed E-state index contributed by atoms with van der Waals surface area (Å²) in [6.07, 6.45) is 0. The van der Waals surface area contributed by atoms with Crippen molar-refractivity contribution in [2.75, 3.05) is 19.4 Å². The van der Waals surface area contributed by atoms with Gasteiger partial charge in [-0.3, -0.25) is 9.59 Å². The Morgan fingerprint density at radius 2 is 1.73 bits per heavy atom. The molecule has 1 N–H and O–H groups in total. The number of carbonyl (C=O) groups is 2. The maximum atomic E-state index is 13.0. The lowest BCUT2D eigenvalue weighted by molar-refractivity contribution is 0.0827. The van der Waals surface area contributed by atoms with Crippen LogP contribution in [0.1, 0.15) is 20.7 Å². The molecule has 2 rings (SSSR count). The number of benzene rings is 2. The number of halogens is 2. The Morgan fingerprint density at radius 1 is 1.09 bits per heavy atom. The SMILES string of the molecule is CN(C)C(=O)c1ccc(NC(=O)c2ccc(F)cc2Cl)cc1. The molecule has 0 saturated heterocycles. The summed E-state index contributed by atoms with van der Waals surface area (Å²) < 4.78 is 13.0. The number of amides is 2. The number of anilines is 1. The molecule has 6 heteroatoms. The molecule has 114 valence electrons. The van der Waals surface area contributed by atoms with Crippen LogP contribution in [0.4, 0.5) is 10.1 Å². The molecule has 0 spiro atoms. The molecule has 0 aliphatic rings. The first-order valence-electron chi connectivity index (χ1n) is 6.46. The van der Waals surface area contributed by atoms with Crippen LogP contribution in [-0.4, -0.2) is 30.8 Å². The highest BCUT2D eigenvalue weighted by Crippen LogP contribution is 2.19. The first-order chi connectivity index (χ1) is 10.4. The van der Waals surface area contributed by atoms with E-state index in [0.717, 1.165) is 6.07 Å². The summed E-state index contributed by atoms with van der Waals surface area (Å²) in [5.74, 6) is -1.08. The number of hydrogen-bond donors (Lipinski definition) is 1. The predicted molar refractivity (Wildman–Crippen MR) is 83.8 cm³/mol. The van der Waals surface area contributed by atoms with Crippen molar-refractivity contribution in [2.24, 2.45) is 0 Å². The molecule has 0 aromatic heterocycles. The van der Waals surface area contributed by atoms with Gasteiger partial charge in [0.05, 0.1) is 10.6 Å². The number of carbonyl (C=O) groups excluding carboxylic acids is 2. The second-order valence-electron chi connectivity index (χ2n) is 4.86.